The van der Waals surface area contributed by atoms with E-state index in [0.29, 0.717) is 23.7 Å². The second-order valence-corrected chi connectivity index (χ2v) is 10.3. The molecule has 0 amide bonds. The number of ether oxygens (including phenoxy) is 3. The monoisotopic (exact) mass is 418 g/mol. The van der Waals surface area contributed by atoms with Gasteiger partial charge in [0.2, 0.25) is 0 Å². The second kappa shape index (κ2) is 16.5. The third kappa shape index (κ3) is 18.3. The lowest BCUT2D eigenvalue weighted by Crippen LogP contribution is -2.31. The van der Waals surface area contributed by atoms with Gasteiger partial charge in [-0.3, -0.25) is 0 Å². The van der Waals surface area contributed by atoms with Crippen LogP contribution in [0.4, 0.5) is 0 Å². The normalized spacial score (nSPS) is 14.9. The standard InChI is InChI=1S/C24H50O5/c1-17(2)9-23(10-18(3)4)28-15-21(25)13-27-14-22(26)16-29-24(11-19(5)6)12-20(7)8/h17-26H,9-16H2,1-8H3. The van der Waals surface area contributed by atoms with Gasteiger partial charge in [-0.05, 0) is 49.4 Å². The van der Waals surface area contributed by atoms with Crippen molar-refractivity contribution in [1.29, 1.82) is 0 Å². The molecule has 0 bridgehead atoms. The second-order valence-electron chi connectivity index (χ2n) is 10.3. The summed E-state index contributed by atoms with van der Waals surface area (Å²) in [4.78, 5) is 0. The fourth-order valence-corrected chi connectivity index (χ4v) is 3.50. The first-order valence-electron chi connectivity index (χ1n) is 11.7. The quantitative estimate of drug-likeness (QED) is 0.338. The number of rotatable bonds is 18. The molecule has 29 heavy (non-hydrogen) atoms. The van der Waals surface area contributed by atoms with Crippen molar-refractivity contribution in [3.05, 3.63) is 0 Å². The van der Waals surface area contributed by atoms with Crippen molar-refractivity contribution in [2.45, 2.75) is 105 Å². The van der Waals surface area contributed by atoms with Crippen LogP contribution in [0.25, 0.3) is 0 Å². The van der Waals surface area contributed by atoms with Crippen LogP contribution < -0.4 is 0 Å². The minimum absolute atomic E-state index is 0.161. The molecule has 0 saturated heterocycles. The molecule has 5 heteroatoms. The highest BCUT2D eigenvalue weighted by atomic mass is 16.5. The van der Waals surface area contributed by atoms with E-state index in [1.54, 1.807) is 0 Å². The summed E-state index contributed by atoms with van der Waals surface area (Å²) in [6.45, 7) is 18.4. The summed E-state index contributed by atoms with van der Waals surface area (Å²) < 4.78 is 17.3. The van der Waals surface area contributed by atoms with Crippen LogP contribution in [0.3, 0.4) is 0 Å². The third-order valence-corrected chi connectivity index (χ3v) is 4.61. The molecule has 2 atom stereocenters. The van der Waals surface area contributed by atoms with E-state index >= 15 is 0 Å². The maximum absolute atomic E-state index is 10.1. The zero-order valence-corrected chi connectivity index (χ0v) is 20.4. The topological polar surface area (TPSA) is 68.2 Å². The molecule has 0 fully saturated rings. The van der Waals surface area contributed by atoms with Gasteiger partial charge in [0.05, 0.1) is 38.6 Å². The fourth-order valence-electron chi connectivity index (χ4n) is 3.50. The largest absolute Gasteiger partial charge is 0.388 e. The van der Waals surface area contributed by atoms with E-state index in [2.05, 4.69) is 55.4 Å². The van der Waals surface area contributed by atoms with Crippen molar-refractivity contribution in [2.24, 2.45) is 23.7 Å². The average Bonchev–Trinajstić information content (AvgIpc) is 2.55. The van der Waals surface area contributed by atoms with Crippen LogP contribution in [0.1, 0.15) is 81.1 Å². The van der Waals surface area contributed by atoms with Gasteiger partial charge in [-0.2, -0.15) is 0 Å². The van der Waals surface area contributed by atoms with Crippen LogP contribution in [0.2, 0.25) is 0 Å². The van der Waals surface area contributed by atoms with E-state index in [9.17, 15) is 10.2 Å². The number of aliphatic hydroxyl groups is 2. The predicted molar refractivity (Wildman–Crippen MR) is 120 cm³/mol. The first-order valence-corrected chi connectivity index (χ1v) is 11.7. The molecule has 2 N–H and O–H groups in total. The Morgan fingerprint density at radius 2 is 0.759 bits per heavy atom. The van der Waals surface area contributed by atoms with Gasteiger partial charge in [-0.25, -0.2) is 0 Å². The van der Waals surface area contributed by atoms with Gasteiger partial charge in [-0.1, -0.05) is 55.4 Å². The Morgan fingerprint density at radius 3 is 1.00 bits per heavy atom. The third-order valence-electron chi connectivity index (χ3n) is 4.61. The molecule has 0 aromatic rings. The fraction of sp³-hybridized carbons (Fsp3) is 1.00. The molecule has 0 aliphatic rings. The van der Waals surface area contributed by atoms with Crippen molar-refractivity contribution >= 4 is 0 Å². The van der Waals surface area contributed by atoms with Crippen LogP contribution >= 0.6 is 0 Å². The van der Waals surface area contributed by atoms with Gasteiger partial charge in [0, 0.05) is 0 Å². The van der Waals surface area contributed by atoms with Crippen molar-refractivity contribution in [2.75, 3.05) is 26.4 Å². The average molecular weight is 419 g/mol. The minimum atomic E-state index is -0.681. The van der Waals surface area contributed by atoms with Gasteiger partial charge in [0.25, 0.3) is 0 Å². The van der Waals surface area contributed by atoms with Crippen LogP contribution in [0.5, 0.6) is 0 Å². The lowest BCUT2D eigenvalue weighted by atomic mass is 9.98. The molecular formula is C24H50O5. The zero-order valence-electron chi connectivity index (χ0n) is 20.4. The summed E-state index contributed by atoms with van der Waals surface area (Å²) in [6, 6.07) is 0. The van der Waals surface area contributed by atoms with Gasteiger partial charge in [0.15, 0.2) is 0 Å². The summed E-state index contributed by atoms with van der Waals surface area (Å²) in [7, 11) is 0. The molecule has 5 nitrogen and oxygen atoms in total. The minimum Gasteiger partial charge on any atom is -0.388 e. The Hall–Kier alpha value is -0.200. The lowest BCUT2D eigenvalue weighted by Gasteiger charge is -2.24. The molecule has 0 aliphatic heterocycles. The maximum atomic E-state index is 10.1. The highest BCUT2D eigenvalue weighted by Gasteiger charge is 2.18. The summed E-state index contributed by atoms with van der Waals surface area (Å²) in [5.74, 6) is 2.27. The van der Waals surface area contributed by atoms with Crippen molar-refractivity contribution in [3.63, 3.8) is 0 Å². The lowest BCUT2D eigenvalue weighted by molar-refractivity contribution is -0.0820. The Kier molecular flexibility index (Phi) is 16.4. The summed E-state index contributed by atoms with van der Waals surface area (Å²) in [5, 5.41) is 20.3. The molecular weight excluding hydrogens is 368 g/mol. The zero-order chi connectivity index (χ0) is 22.4. The Morgan fingerprint density at radius 1 is 0.483 bits per heavy atom. The molecule has 0 aromatic heterocycles. The smallest absolute Gasteiger partial charge is 0.101 e. The Labute approximate surface area is 180 Å². The number of hydrogen-bond donors (Lipinski definition) is 2. The van der Waals surface area contributed by atoms with Crippen LogP contribution in [0.15, 0.2) is 0 Å². The van der Waals surface area contributed by atoms with Gasteiger partial charge < -0.3 is 24.4 Å². The molecule has 0 saturated carbocycles. The Balaban J connectivity index is 4.10. The molecule has 176 valence electrons. The van der Waals surface area contributed by atoms with E-state index < -0.39 is 12.2 Å². The number of aliphatic hydroxyl groups excluding tert-OH is 2. The molecule has 0 radical (unpaired) electrons. The molecule has 0 aromatic carbocycles. The van der Waals surface area contributed by atoms with E-state index in [1.165, 1.54) is 0 Å². The van der Waals surface area contributed by atoms with Crippen molar-refractivity contribution in [1.82, 2.24) is 0 Å². The molecule has 2 unspecified atom stereocenters. The van der Waals surface area contributed by atoms with Crippen molar-refractivity contribution < 1.29 is 24.4 Å². The van der Waals surface area contributed by atoms with Crippen LogP contribution in [-0.4, -0.2) is 61.1 Å². The first-order chi connectivity index (χ1) is 13.5. The van der Waals surface area contributed by atoms with E-state index in [4.69, 9.17) is 14.2 Å². The van der Waals surface area contributed by atoms with E-state index in [0.717, 1.165) is 25.7 Å². The van der Waals surface area contributed by atoms with Gasteiger partial charge in [0.1, 0.15) is 12.2 Å². The van der Waals surface area contributed by atoms with Crippen LogP contribution in [-0.2, 0) is 14.2 Å². The summed E-state index contributed by atoms with van der Waals surface area (Å²) >= 11 is 0. The first kappa shape index (κ1) is 28.8. The predicted octanol–water partition coefficient (Wildman–Crippen LogP) is 4.68. The highest BCUT2D eigenvalue weighted by molar-refractivity contribution is 4.66. The molecule has 0 rings (SSSR count). The highest BCUT2D eigenvalue weighted by Crippen LogP contribution is 2.18. The SMILES string of the molecule is CC(C)CC(CC(C)C)OCC(O)COCC(O)COC(CC(C)C)CC(C)C. The van der Waals surface area contributed by atoms with E-state index in [1.807, 2.05) is 0 Å². The number of hydrogen-bond acceptors (Lipinski definition) is 5. The van der Waals surface area contributed by atoms with Gasteiger partial charge >= 0.3 is 0 Å². The molecule has 0 aliphatic carbocycles. The molecule has 0 spiro atoms. The maximum Gasteiger partial charge on any atom is 0.101 e. The molecule has 0 heterocycles. The Bertz CT molecular complexity index is 316. The van der Waals surface area contributed by atoms with Crippen molar-refractivity contribution in [3.8, 4) is 0 Å². The van der Waals surface area contributed by atoms with E-state index in [-0.39, 0.29) is 38.6 Å². The summed E-state index contributed by atoms with van der Waals surface area (Å²) in [5.41, 5.74) is 0. The van der Waals surface area contributed by atoms with Crippen LogP contribution in [0, 0.1) is 23.7 Å². The van der Waals surface area contributed by atoms with Gasteiger partial charge in [-0.15, -0.1) is 0 Å². The summed E-state index contributed by atoms with van der Waals surface area (Å²) in [6.07, 6.45) is 2.96.